The third-order valence-corrected chi connectivity index (χ3v) is 2.26. The second-order valence-electron chi connectivity index (χ2n) is 3.72. The molecule has 96 valence electrons. The Bertz CT molecular complexity index is 497. The highest BCUT2D eigenvalue weighted by atomic mass is 35.5. The smallest absolute Gasteiger partial charge is 0.230 e. The molecule has 0 spiro atoms. The summed E-state index contributed by atoms with van der Waals surface area (Å²) >= 11 is 5.82. The van der Waals surface area contributed by atoms with Gasteiger partial charge in [-0.15, -0.1) is 5.10 Å². The molecule has 0 bridgehead atoms. The minimum Gasteiger partial charge on any atom is -0.352 e. The maximum atomic E-state index is 5.82. The van der Waals surface area contributed by atoms with E-state index in [0.717, 1.165) is 0 Å². The van der Waals surface area contributed by atoms with Crippen molar-refractivity contribution in [2.45, 2.75) is 6.54 Å². The molecule has 18 heavy (non-hydrogen) atoms. The van der Waals surface area contributed by atoms with Crippen LogP contribution in [0.2, 0.25) is 5.28 Å². The van der Waals surface area contributed by atoms with Crippen LogP contribution in [-0.2, 0) is 6.54 Å². The van der Waals surface area contributed by atoms with Gasteiger partial charge in [-0.25, -0.2) is 0 Å². The molecule has 0 amide bonds. The Kier molecular flexibility index (Phi) is 3.88. The Morgan fingerprint density at radius 3 is 2.83 bits per heavy atom. The molecular weight excluding hydrogens is 256 g/mol. The van der Waals surface area contributed by atoms with Gasteiger partial charge in [-0.1, -0.05) is 5.21 Å². The quantitative estimate of drug-likeness (QED) is 0.834. The Balaban J connectivity index is 1.96. The van der Waals surface area contributed by atoms with Gasteiger partial charge < -0.3 is 10.2 Å². The van der Waals surface area contributed by atoms with E-state index < -0.39 is 0 Å². The van der Waals surface area contributed by atoms with E-state index in [4.69, 9.17) is 11.6 Å². The lowest BCUT2D eigenvalue weighted by molar-refractivity contribution is 0.607. The highest BCUT2D eigenvalue weighted by Crippen LogP contribution is 2.10. The predicted molar refractivity (Wildman–Crippen MR) is 67.7 cm³/mol. The molecule has 0 aliphatic heterocycles. The molecule has 0 atom stereocenters. The van der Waals surface area contributed by atoms with Gasteiger partial charge in [-0.3, -0.25) is 4.68 Å². The van der Waals surface area contributed by atoms with Gasteiger partial charge in [0.25, 0.3) is 0 Å². The maximum absolute atomic E-state index is 5.82. The van der Waals surface area contributed by atoms with E-state index in [0.29, 0.717) is 25.0 Å². The fourth-order valence-electron chi connectivity index (χ4n) is 1.25. The van der Waals surface area contributed by atoms with Crippen LogP contribution in [0.3, 0.4) is 0 Å². The van der Waals surface area contributed by atoms with Crippen molar-refractivity contribution in [2.75, 3.05) is 30.9 Å². The van der Waals surface area contributed by atoms with Gasteiger partial charge in [0.15, 0.2) is 0 Å². The average molecular weight is 269 g/mol. The number of nitrogens with zero attached hydrogens (tertiary/aromatic N) is 7. The number of hydrogen-bond acceptors (Lipinski definition) is 7. The topological polar surface area (TPSA) is 84.7 Å². The van der Waals surface area contributed by atoms with Crippen LogP contribution in [0.15, 0.2) is 12.4 Å². The lowest BCUT2D eigenvalue weighted by Crippen LogP contribution is -2.17. The molecule has 0 radical (unpaired) electrons. The molecule has 9 heteroatoms. The van der Waals surface area contributed by atoms with Crippen molar-refractivity contribution in [3.05, 3.63) is 17.7 Å². The Hall–Kier alpha value is -1.96. The van der Waals surface area contributed by atoms with Crippen molar-refractivity contribution in [1.29, 1.82) is 0 Å². The molecule has 0 unspecified atom stereocenters. The maximum Gasteiger partial charge on any atom is 0.230 e. The zero-order valence-corrected chi connectivity index (χ0v) is 10.8. The van der Waals surface area contributed by atoms with E-state index >= 15 is 0 Å². The zero-order valence-electron chi connectivity index (χ0n) is 10.1. The second-order valence-corrected chi connectivity index (χ2v) is 4.05. The fourth-order valence-corrected chi connectivity index (χ4v) is 1.41. The summed E-state index contributed by atoms with van der Waals surface area (Å²) in [5.41, 5.74) is 0. The highest BCUT2D eigenvalue weighted by Gasteiger charge is 2.06. The summed E-state index contributed by atoms with van der Waals surface area (Å²) in [5.74, 6) is 0.956. The molecule has 1 N–H and O–H groups in total. The first kappa shape index (κ1) is 12.5. The molecule has 0 fully saturated rings. The van der Waals surface area contributed by atoms with Crippen molar-refractivity contribution >= 4 is 23.5 Å². The summed E-state index contributed by atoms with van der Waals surface area (Å²) < 4.78 is 1.71. The minimum absolute atomic E-state index is 0.164. The van der Waals surface area contributed by atoms with E-state index in [1.54, 1.807) is 22.0 Å². The van der Waals surface area contributed by atoms with Crippen molar-refractivity contribution in [2.24, 2.45) is 0 Å². The van der Waals surface area contributed by atoms with Crippen LogP contribution in [0.4, 0.5) is 11.9 Å². The van der Waals surface area contributed by atoms with Crippen LogP contribution >= 0.6 is 11.6 Å². The number of halogens is 1. The summed E-state index contributed by atoms with van der Waals surface area (Å²) in [6.45, 7) is 1.29. The van der Waals surface area contributed by atoms with Crippen LogP contribution in [0.25, 0.3) is 0 Å². The molecule has 2 aromatic rings. The molecule has 0 aliphatic rings. The summed E-state index contributed by atoms with van der Waals surface area (Å²) in [6.07, 6.45) is 3.41. The van der Waals surface area contributed by atoms with E-state index in [-0.39, 0.29) is 5.28 Å². The first-order chi connectivity index (χ1) is 8.65. The summed E-state index contributed by atoms with van der Waals surface area (Å²) in [7, 11) is 3.68. The summed E-state index contributed by atoms with van der Waals surface area (Å²) in [6, 6.07) is 0. The number of nitrogens with one attached hydrogen (secondary N) is 1. The number of hydrogen-bond donors (Lipinski definition) is 1. The van der Waals surface area contributed by atoms with Crippen LogP contribution in [0.1, 0.15) is 0 Å². The standard InChI is InChI=1S/C9H13ClN8/c1-17(2)9-14-7(10)13-8(15-9)11-3-5-18-6-4-12-16-18/h4,6H,3,5H2,1-2H3,(H,11,13,14,15). The monoisotopic (exact) mass is 268 g/mol. The van der Waals surface area contributed by atoms with Gasteiger partial charge in [0.1, 0.15) is 0 Å². The van der Waals surface area contributed by atoms with Gasteiger partial charge in [0.05, 0.1) is 12.7 Å². The van der Waals surface area contributed by atoms with Crippen LogP contribution < -0.4 is 10.2 Å². The van der Waals surface area contributed by atoms with Crippen LogP contribution in [0, 0.1) is 0 Å². The largest absolute Gasteiger partial charge is 0.352 e. The third-order valence-electron chi connectivity index (χ3n) is 2.09. The summed E-state index contributed by atoms with van der Waals surface area (Å²) in [4.78, 5) is 14.0. The molecule has 2 rings (SSSR count). The number of aromatic nitrogens is 6. The molecule has 0 saturated carbocycles. The Morgan fingerprint density at radius 1 is 1.33 bits per heavy atom. The number of anilines is 2. The molecule has 2 heterocycles. The Labute approximate surface area is 109 Å². The van der Waals surface area contributed by atoms with Crippen molar-refractivity contribution in [3.63, 3.8) is 0 Å². The molecule has 8 nitrogen and oxygen atoms in total. The van der Waals surface area contributed by atoms with Crippen LogP contribution in [0.5, 0.6) is 0 Å². The summed E-state index contributed by atoms with van der Waals surface area (Å²) in [5, 5.41) is 10.8. The van der Waals surface area contributed by atoms with E-state index in [1.807, 2.05) is 14.1 Å². The normalized spacial score (nSPS) is 10.4. The average Bonchev–Trinajstić information content (AvgIpc) is 2.81. The Morgan fingerprint density at radius 2 is 2.17 bits per heavy atom. The van der Waals surface area contributed by atoms with Crippen molar-refractivity contribution in [3.8, 4) is 0 Å². The third kappa shape index (κ3) is 3.27. The molecule has 0 aromatic carbocycles. The molecule has 0 saturated heterocycles. The van der Waals surface area contributed by atoms with Gasteiger partial charge in [-0.2, -0.15) is 15.0 Å². The lowest BCUT2D eigenvalue weighted by atomic mass is 10.6. The SMILES string of the molecule is CN(C)c1nc(Cl)nc(NCCn2ccnn2)n1. The molecule has 2 aromatic heterocycles. The molecular formula is C9H13ClN8. The predicted octanol–water partition coefficient (Wildman–Crippen LogP) is 0.295. The lowest BCUT2D eigenvalue weighted by Gasteiger charge is -2.11. The minimum atomic E-state index is 0.164. The fraction of sp³-hybridized carbons (Fsp3) is 0.444. The van der Waals surface area contributed by atoms with Gasteiger partial charge >= 0.3 is 0 Å². The van der Waals surface area contributed by atoms with Crippen LogP contribution in [-0.4, -0.2) is 50.6 Å². The van der Waals surface area contributed by atoms with E-state index in [2.05, 4.69) is 30.6 Å². The number of rotatable bonds is 5. The van der Waals surface area contributed by atoms with Gasteiger partial charge in [-0.05, 0) is 11.6 Å². The van der Waals surface area contributed by atoms with E-state index in [1.165, 1.54) is 0 Å². The second kappa shape index (κ2) is 5.58. The van der Waals surface area contributed by atoms with E-state index in [9.17, 15) is 0 Å². The van der Waals surface area contributed by atoms with Gasteiger partial charge in [0.2, 0.25) is 17.2 Å². The van der Waals surface area contributed by atoms with Gasteiger partial charge in [0, 0.05) is 26.8 Å². The molecule has 0 aliphatic carbocycles. The van der Waals surface area contributed by atoms with Crippen molar-refractivity contribution < 1.29 is 0 Å². The zero-order chi connectivity index (χ0) is 13.0. The highest BCUT2D eigenvalue weighted by molar-refractivity contribution is 6.28. The first-order valence-electron chi connectivity index (χ1n) is 5.32. The first-order valence-corrected chi connectivity index (χ1v) is 5.70. The van der Waals surface area contributed by atoms with Crippen molar-refractivity contribution in [1.82, 2.24) is 29.9 Å².